The lowest BCUT2D eigenvalue weighted by Gasteiger charge is -2.20. The van der Waals surface area contributed by atoms with Crippen LogP contribution in [-0.4, -0.2) is 28.7 Å². The van der Waals surface area contributed by atoms with Crippen molar-refractivity contribution in [3.8, 4) is 0 Å². The van der Waals surface area contributed by atoms with Gasteiger partial charge in [-0.3, -0.25) is 4.90 Å². The molecule has 2 heteroatoms. The number of aliphatic hydroxyl groups excluding tert-OH is 1. The molecule has 1 N–H and O–H groups in total. The molecule has 1 aromatic carbocycles. The van der Waals surface area contributed by atoms with E-state index in [-0.39, 0.29) is 6.10 Å². The molecule has 0 aliphatic carbocycles. The van der Waals surface area contributed by atoms with Gasteiger partial charge in [0.1, 0.15) is 0 Å². The zero-order chi connectivity index (χ0) is 9.97. The van der Waals surface area contributed by atoms with E-state index < -0.39 is 0 Å². The highest BCUT2D eigenvalue weighted by Crippen LogP contribution is 2.19. The Hall–Kier alpha value is -0.860. The first-order valence-corrected chi connectivity index (χ1v) is 5.22. The van der Waals surface area contributed by atoms with Gasteiger partial charge in [-0.15, -0.1) is 0 Å². The lowest BCUT2D eigenvalue weighted by molar-refractivity contribution is 0.173. The van der Waals surface area contributed by atoms with Crippen molar-refractivity contribution in [2.45, 2.75) is 32.0 Å². The minimum Gasteiger partial charge on any atom is -0.392 e. The maximum Gasteiger partial charge on any atom is 0.0682 e. The van der Waals surface area contributed by atoms with Crippen LogP contribution in [0.3, 0.4) is 0 Å². The summed E-state index contributed by atoms with van der Waals surface area (Å²) in [4.78, 5) is 2.33. The minimum absolute atomic E-state index is 0.131. The number of likely N-dealkylation sites (tertiary alicyclic amines) is 1. The lowest BCUT2D eigenvalue weighted by atomic mass is 10.2. The number of hydrogen-bond acceptors (Lipinski definition) is 2. The molecule has 1 aliphatic rings. The molecule has 0 spiro atoms. The predicted octanol–water partition coefficient (Wildman–Crippen LogP) is 1.64. The molecule has 2 nitrogen and oxygen atoms in total. The van der Waals surface area contributed by atoms with Crippen molar-refractivity contribution in [3.63, 3.8) is 0 Å². The number of aliphatic hydroxyl groups is 1. The Kier molecular flexibility index (Phi) is 2.85. The lowest BCUT2D eigenvalue weighted by Crippen LogP contribution is -2.26. The highest BCUT2D eigenvalue weighted by Gasteiger charge is 2.26. The van der Waals surface area contributed by atoms with Gasteiger partial charge in [0.25, 0.3) is 0 Å². The summed E-state index contributed by atoms with van der Waals surface area (Å²) >= 11 is 0. The first kappa shape index (κ1) is 9.69. The summed E-state index contributed by atoms with van der Waals surface area (Å²) < 4.78 is 0. The van der Waals surface area contributed by atoms with Gasteiger partial charge in [0.2, 0.25) is 0 Å². The summed E-state index contributed by atoms with van der Waals surface area (Å²) in [7, 11) is 0. The molecule has 1 unspecified atom stereocenters. The van der Waals surface area contributed by atoms with Crippen LogP contribution < -0.4 is 0 Å². The molecule has 1 heterocycles. The van der Waals surface area contributed by atoms with Crippen LogP contribution in [0.4, 0.5) is 0 Å². The van der Waals surface area contributed by atoms with Gasteiger partial charge in [0.05, 0.1) is 6.10 Å². The molecule has 2 rings (SSSR count). The first-order chi connectivity index (χ1) is 6.75. The Morgan fingerprint density at radius 1 is 1.36 bits per heavy atom. The molecule has 0 aromatic heterocycles. The maximum absolute atomic E-state index is 9.51. The smallest absolute Gasteiger partial charge is 0.0682 e. The van der Waals surface area contributed by atoms with Gasteiger partial charge in [-0.05, 0) is 18.9 Å². The van der Waals surface area contributed by atoms with Crippen molar-refractivity contribution >= 4 is 0 Å². The average molecular weight is 191 g/mol. The van der Waals surface area contributed by atoms with E-state index in [2.05, 4.69) is 36.1 Å². The highest BCUT2D eigenvalue weighted by atomic mass is 16.3. The molecule has 0 saturated carbocycles. The highest BCUT2D eigenvalue weighted by molar-refractivity contribution is 5.14. The second kappa shape index (κ2) is 4.11. The quantitative estimate of drug-likeness (QED) is 0.768. The molecule has 1 fully saturated rings. The monoisotopic (exact) mass is 191 g/mol. The van der Waals surface area contributed by atoms with E-state index in [0.717, 1.165) is 19.5 Å². The molecule has 1 aliphatic heterocycles. The van der Waals surface area contributed by atoms with Crippen molar-refractivity contribution in [2.75, 3.05) is 6.54 Å². The van der Waals surface area contributed by atoms with Crippen molar-refractivity contribution < 1.29 is 5.11 Å². The summed E-state index contributed by atoms with van der Waals surface area (Å²) in [6, 6.07) is 10.9. The maximum atomic E-state index is 9.51. The van der Waals surface area contributed by atoms with E-state index >= 15 is 0 Å². The molecule has 1 saturated heterocycles. The van der Waals surface area contributed by atoms with Gasteiger partial charge in [-0.2, -0.15) is 0 Å². The number of nitrogens with zero attached hydrogens (tertiary/aromatic N) is 1. The summed E-state index contributed by atoms with van der Waals surface area (Å²) in [6.45, 7) is 3.95. The summed E-state index contributed by atoms with van der Waals surface area (Å²) in [5.74, 6) is 0. The number of β-amino-alcohol motifs (C(OH)–C–C–N with tert-alkyl or cyclic N) is 1. The van der Waals surface area contributed by atoms with Crippen molar-refractivity contribution in [3.05, 3.63) is 35.9 Å². The molecule has 0 amide bonds. The van der Waals surface area contributed by atoms with Crippen LogP contribution >= 0.6 is 0 Å². The first-order valence-electron chi connectivity index (χ1n) is 5.22. The van der Waals surface area contributed by atoms with Gasteiger partial charge >= 0.3 is 0 Å². The van der Waals surface area contributed by atoms with Gasteiger partial charge in [-0.25, -0.2) is 0 Å². The standard InChI is InChI=1S/C12H17NO/c1-10-7-12(14)9-13(10)8-11-5-3-2-4-6-11/h2-6,10,12,14H,7-9H2,1H3/t10-,12?/m0/s1. The van der Waals surface area contributed by atoms with Gasteiger partial charge < -0.3 is 5.11 Å². The molecular weight excluding hydrogens is 174 g/mol. The van der Waals surface area contributed by atoms with Crippen LogP contribution in [0.5, 0.6) is 0 Å². The number of rotatable bonds is 2. The topological polar surface area (TPSA) is 23.5 Å². The molecule has 0 bridgehead atoms. The van der Waals surface area contributed by atoms with E-state index in [1.54, 1.807) is 0 Å². The molecule has 0 radical (unpaired) electrons. The Balaban J connectivity index is 1.98. The van der Waals surface area contributed by atoms with E-state index in [9.17, 15) is 5.11 Å². The summed E-state index contributed by atoms with van der Waals surface area (Å²) in [5.41, 5.74) is 1.33. The Morgan fingerprint density at radius 2 is 2.07 bits per heavy atom. The SMILES string of the molecule is C[C@H]1CC(O)CN1Cc1ccccc1. The van der Waals surface area contributed by atoms with Crippen LogP contribution in [0.25, 0.3) is 0 Å². The van der Waals surface area contributed by atoms with Crippen LogP contribution in [0, 0.1) is 0 Å². The van der Waals surface area contributed by atoms with Gasteiger partial charge in [0.15, 0.2) is 0 Å². The molecule has 14 heavy (non-hydrogen) atoms. The second-order valence-corrected chi connectivity index (χ2v) is 4.15. The Morgan fingerprint density at radius 3 is 2.64 bits per heavy atom. The van der Waals surface area contributed by atoms with E-state index in [1.165, 1.54) is 5.56 Å². The molecule has 76 valence electrons. The zero-order valence-corrected chi connectivity index (χ0v) is 8.56. The minimum atomic E-state index is -0.131. The zero-order valence-electron chi connectivity index (χ0n) is 8.56. The van der Waals surface area contributed by atoms with Crippen LogP contribution in [0.1, 0.15) is 18.9 Å². The third kappa shape index (κ3) is 2.14. The van der Waals surface area contributed by atoms with E-state index in [1.807, 2.05) is 6.07 Å². The largest absolute Gasteiger partial charge is 0.392 e. The van der Waals surface area contributed by atoms with E-state index in [4.69, 9.17) is 0 Å². The molecular formula is C12H17NO. The van der Waals surface area contributed by atoms with Crippen molar-refractivity contribution in [2.24, 2.45) is 0 Å². The summed E-state index contributed by atoms with van der Waals surface area (Å²) in [5, 5.41) is 9.51. The fourth-order valence-corrected chi connectivity index (χ4v) is 2.11. The fourth-order valence-electron chi connectivity index (χ4n) is 2.11. The van der Waals surface area contributed by atoms with Gasteiger partial charge in [-0.1, -0.05) is 30.3 Å². The van der Waals surface area contributed by atoms with Crippen LogP contribution in [0.15, 0.2) is 30.3 Å². The summed E-state index contributed by atoms with van der Waals surface area (Å²) in [6.07, 6.45) is 0.779. The Labute approximate surface area is 85.2 Å². The number of benzene rings is 1. The van der Waals surface area contributed by atoms with Crippen molar-refractivity contribution in [1.29, 1.82) is 0 Å². The van der Waals surface area contributed by atoms with E-state index in [0.29, 0.717) is 6.04 Å². The third-order valence-corrected chi connectivity index (χ3v) is 2.91. The fraction of sp³-hybridized carbons (Fsp3) is 0.500. The van der Waals surface area contributed by atoms with Crippen LogP contribution in [-0.2, 0) is 6.54 Å². The Bertz CT molecular complexity index is 286. The molecule has 2 atom stereocenters. The van der Waals surface area contributed by atoms with Gasteiger partial charge in [0, 0.05) is 19.1 Å². The number of hydrogen-bond donors (Lipinski definition) is 1. The average Bonchev–Trinajstić information content (AvgIpc) is 2.47. The normalized spacial score (nSPS) is 28.1. The van der Waals surface area contributed by atoms with Crippen molar-refractivity contribution in [1.82, 2.24) is 4.90 Å². The predicted molar refractivity (Wildman–Crippen MR) is 56.9 cm³/mol. The third-order valence-electron chi connectivity index (χ3n) is 2.91. The molecule has 1 aromatic rings. The second-order valence-electron chi connectivity index (χ2n) is 4.15. The van der Waals surface area contributed by atoms with Crippen LogP contribution in [0.2, 0.25) is 0 Å².